The normalized spacial score (nSPS) is 17.9. The van der Waals surface area contributed by atoms with Gasteiger partial charge in [0.2, 0.25) is 11.8 Å². The Bertz CT molecular complexity index is 990. The van der Waals surface area contributed by atoms with Crippen molar-refractivity contribution in [1.29, 1.82) is 0 Å². The van der Waals surface area contributed by atoms with Crippen LogP contribution in [0, 0.1) is 34.6 Å². The van der Waals surface area contributed by atoms with Gasteiger partial charge in [0.15, 0.2) is 5.17 Å². The van der Waals surface area contributed by atoms with Crippen molar-refractivity contribution in [3.8, 4) is 0 Å². The van der Waals surface area contributed by atoms with Crippen LogP contribution in [0.15, 0.2) is 35.3 Å². The van der Waals surface area contributed by atoms with E-state index >= 15 is 0 Å². The molecule has 0 spiro atoms. The number of carbonyl (C=O) groups excluding carboxylic acids is 2. The summed E-state index contributed by atoms with van der Waals surface area (Å²) in [5.41, 5.74) is 7.20. The number of amides is 2. The molecule has 0 aromatic heterocycles. The van der Waals surface area contributed by atoms with E-state index in [0.29, 0.717) is 5.17 Å². The monoisotopic (exact) mass is 409 g/mol. The summed E-state index contributed by atoms with van der Waals surface area (Å²) in [5, 5.41) is 3.15. The predicted molar refractivity (Wildman–Crippen MR) is 121 cm³/mol. The van der Waals surface area contributed by atoms with Crippen LogP contribution in [0.2, 0.25) is 0 Å². The zero-order chi connectivity index (χ0) is 21.3. The van der Waals surface area contributed by atoms with Gasteiger partial charge in [0.05, 0.1) is 5.69 Å². The standard InChI is InChI=1S/C23H27N3O2S/c1-13-9-16(4)21(17(5)10-13)25-20(27)12-19-22(28)26(6)23(29-19)24-18-8-7-14(2)15(3)11-18/h7-11,19H,12H2,1-6H3,(H,25,27). The van der Waals surface area contributed by atoms with E-state index in [4.69, 9.17) is 0 Å². The highest BCUT2D eigenvalue weighted by Gasteiger charge is 2.37. The molecule has 0 radical (unpaired) electrons. The van der Waals surface area contributed by atoms with Crippen molar-refractivity contribution in [2.75, 3.05) is 12.4 Å². The van der Waals surface area contributed by atoms with Crippen LogP contribution in [0.25, 0.3) is 0 Å². The molecule has 1 atom stereocenters. The van der Waals surface area contributed by atoms with Crippen molar-refractivity contribution in [3.05, 3.63) is 58.1 Å². The molecule has 2 amide bonds. The first-order valence-electron chi connectivity index (χ1n) is 9.63. The number of carbonyl (C=O) groups is 2. The summed E-state index contributed by atoms with van der Waals surface area (Å²) in [6, 6.07) is 10.1. The first-order chi connectivity index (χ1) is 13.7. The molecule has 0 bridgehead atoms. The van der Waals surface area contributed by atoms with Crippen LogP contribution in [0.1, 0.15) is 34.2 Å². The van der Waals surface area contributed by atoms with Gasteiger partial charge in [-0.1, -0.05) is 35.5 Å². The molecule has 152 valence electrons. The fourth-order valence-corrected chi connectivity index (χ4v) is 4.59. The zero-order valence-corrected chi connectivity index (χ0v) is 18.6. The Labute approximate surface area is 176 Å². The van der Waals surface area contributed by atoms with Gasteiger partial charge < -0.3 is 5.32 Å². The molecule has 6 heteroatoms. The summed E-state index contributed by atoms with van der Waals surface area (Å²) >= 11 is 1.35. The van der Waals surface area contributed by atoms with E-state index < -0.39 is 5.25 Å². The topological polar surface area (TPSA) is 61.8 Å². The number of hydrogen-bond donors (Lipinski definition) is 1. The molecule has 2 aromatic rings. The van der Waals surface area contributed by atoms with E-state index in [1.54, 1.807) is 11.9 Å². The Hall–Kier alpha value is -2.60. The van der Waals surface area contributed by atoms with Crippen LogP contribution in [0.3, 0.4) is 0 Å². The molecular formula is C23H27N3O2S. The molecule has 1 N–H and O–H groups in total. The van der Waals surface area contributed by atoms with Gasteiger partial charge in [0.25, 0.3) is 0 Å². The molecule has 1 saturated heterocycles. The van der Waals surface area contributed by atoms with Crippen molar-refractivity contribution in [3.63, 3.8) is 0 Å². The van der Waals surface area contributed by atoms with Crippen molar-refractivity contribution < 1.29 is 9.59 Å². The summed E-state index contributed by atoms with van der Waals surface area (Å²) < 4.78 is 0. The fourth-order valence-electron chi connectivity index (χ4n) is 3.44. The van der Waals surface area contributed by atoms with E-state index in [1.807, 2.05) is 58.0 Å². The maximum atomic E-state index is 12.6. The number of nitrogens with one attached hydrogen (secondary N) is 1. The predicted octanol–water partition coefficient (Wildman–Crippen LogP) is 4.82. The number of nitrogens with zero attached hydrogens (tertiary/aromatic N) is 2. The number of rotatable bonds is 4. The van der Waals surface area contributed by atoms with Gasteiger partial charge >= 0.3 is 0 Å². The Morgan fingerprint density at radius 2 is 1.69 bits per heavy atom. The Balaban J connectivity index is 1.72. The van der Waals surface area contributed by atoms with Crippen molar-refractivity contribution >= 4 is 40.1 Å². The van der Waals surface area contributed by atoms with Crippen LogP contribution in [0.4, 0.5) is 11.4 Å². The van der Waals surface area contributed by atoms with Crippen molar-refractivity contribution in [1.82, 2.24) is 4.90 Å². The van der Waals surface area contributed by atoms with Gasteiger partial charge in [-0.05, 0) is 69.0 Å². The van der Waals surface area contributed by atoms with Gasteiger partial charge in [-0.3, -0.25) is 14.5 Å². The Morgan fingerprint density at radius 1 is 1.03 bits per heavy atom. The molecule has 1 aliphatic heterocycles. The van der Waals surface area contributed by atoms with Gasteiger partial charge in [-0.25, -0.2) is 4.99 Å². The first kappa shape index (κ1) is 21.1. The molecule has 1 fully saturated rings. The molecule has 0 aliphatic carbocycles. The largest absolute Gasteiger partial charge is 0.326 e. The molecule has 3 rings (SSSR count). The highest BCUT2D eigenvalue weighted by molar-refractivity contribution is 8.15. The molecular weight excluding hydrogens is 382 g/mol. The minimum atomic E-state index is -0.462. The molecule has 5 nitrogen and oxygen atoms in total. The smallest absolute Gasteiger partial charge is 0.242 e. The van der Waals surface area contributed by atoms with Crippen LogP contribution in [-0.2, 0) is 9.59 Å². The Kier molecular flexibility index (Phi) is 6.13. The van der Waals surface area contributed by atoms with Crippen LogP contribution in [0.5, 0.6) is 0 Å². The average Bonchev–Trinajstić information content (AvgIpc) is 2.89. The minimum absolute atomic E-state index is 0.0925. The van der Waals surface area contributed by atoms with Crippen LogP contribution >= 0.6 is 11.8 Å². The van der Waals surface area contributed by atoms with Gasteiger partial charge in [-0.15, -0.1) is 0 Å². The number of aryl methyl sites for hydroxylation is 5. The number of benzene rings is 2. The fraction of sp³-hybridized carbons (Fsp3) is 0.348. The van der Waals surface area contributed by atoms with Gasteiger partial charge in [0, 0.05) is 19.2 Å². The second kappa shape index (κ2) is 8.41. The summed E-state index contributed by atoms with van der Waals surface area (Å²) in [4.78, 5) is 31.4. The second-order valence-corrected chi connectivity index (χ2v) is 8.86. The molecule has 1 unspecified atom stereocenters. The summed E-state index contributed by atoms with van der Waals surface area (Å²) in [5.74, 6) is -0.253. The SMILES string of the molecule is Cc1cc(C)c(NC(=O)CC2SC(=Nc3ccc(C)c(C)c3)N(C)C2=O)c(C)c1. The molecule has 29 heavy (non-hydrogen) atoms. The lowest BCUT2D eigenvalue weighted by Crippen LogP contribution is -2.30. The number of aliphatic imine (C=N–C) groups is 1. The van der Waals surface area contributed by atoms with Crippen molar-refractivity contribution in [2.24, 2.45) is 4.99 Å². The highest BCUT2D eigenvalue weighted by Crippen LogP contribution is 2.31. The quantitative estimate of drug-likeness (QED) is 0.788. The first-order valence-corrected chi connectivity index (χ1v) is 10.5. The van der Waals surface area contributed by atoms with E-state index in [2.05, 4.69) is 17.2 Å². The number of anilines is 1. The highest BCUT2D eigenvalue weighted by atomic mass is 32.2. The number of hydrogen-bond acceptors (Lipinski definition) is 4. The molecule has 2 aromatic carbocycles. The zero-order valence-electron chi connectivity index (χ0n) is 17.8. The number of amidine groups is 1. The maximum Gasteiger partial charge on any atom is 0.242 e. The maximum absolute atomic E-state index is 12.6. The van der Waals surface area contributed by atoms with E-state index in [9.17, 15) is 9.59 Å². The lowest BCUT2D eigenvalue weighted by molar-refractivity contribution is -0.127. The molecule has 1 heterocycles. The van der Waals surface area contributed by atoms with E-state index in [0.717, 1.165) is 33.6 Å². The van der Waals surface area contributed by atoms with Crippen molar-refractivity contribution in [2.45, 2.75) is 46.3 Å². The van der Waals surface area contributed by atoms with Crippen LogP contribution in [-0.4, -0.2) is 34.2 Å². The lowest BCUT2D eigenvalue weighted by Gasteiger charge is -2.14. The van der Waals surface area contributed by atoms with Gasteiger partial charge in [0.1, 0.15) is 5.25 Å². The summed E-state index contributed by atoms with van der Waals surface area (Å²) in [7, 11) is 1.71. The third kappa shape index (κ3) is 4.70. The number of thioether (sulfide) groups is 1. The minimum Gasteiger partial charge on any atom is -0.326 e. The summed E-state index contributed by atoms with van der Waals surface area (Å²) in [6.45, 7) is 10.1. The van der Waals surface area contributed by atoms with E-state index in [-0.39, 0.29) is 18.2 Å². The third-order valence-electron chi connectivity index (χ3n) is 5.17. The van der Waals surface area contributed by atoms with Crippen LogP contribution < -0.4 is 5.32 Å². The lowest BCUT2D eigenvalue weighted by atomic mass is 10.0. The second-order valence-electron chi connectivity index (χ2n) is 7.69. The van der Waals surface area contributed by atoms with Gasteiger partial charge in [-0.2, -0.15) is 0 Å². The average molecular weight is 410 g/mol. The third-order valence-corrected chi connectivity index (χ3v) is 6.40. The van der Waals surface area contributed by atoms with E-state index in [1.165, 1.54) is 17.3 Å². The summed E-state index contributed by atoms with van der Waals surface area (Å²) in [6.07, 6.45) is 0.118. The molecule has 1 aliphatic rings. The molecule has 0 saturated carbocycles. The Morgan fingerprint density at radius 3 is 2.31 bits per heavy atom.